The first kappa shape index (κ1) is 19.5. The Hall–Kier alpha value is -3.82. The number of hydrogen-bond acceptors (Lipinski definition) is 4. The molecule has 0 bridgehead atoms. The average molecular weight is 415 g/mol. The van der Waals surface area contributed by atoms with Crippen molar-refractivity contribution < 1.29 is 22.4 Å². The van der Waals surface area contributed by atoms with Crippen molar-refractivity contribution in [3.63, 3.8) is 0 Å². The van der Waals surface area contributed by atoms with Gasteiger partial charge < -0.3 is 5.32 Å². The molecule has 0 saturated carbocycles. The molecule has 0 aliphatic carbocycles. The van der Waals surface area contributed by atoms with Crippen LogP contribution in [0.4, 0.5) is 23.2 Å². The van der Waals surface area contributed by atoms with Crippen LogP contribution in [0.25, 0.3) is 16.6 Å². The van der Waals surface area contributed by atoms with E-state index >= 15 is 0 Å². The monoisotopic (exact) mass is 415 g/mol. The fourth-order valence-corrected chi connectivity index (χ4v) is 3.06. The number of nitrogens with zero attached hydrogens (tertiary/aromatic N) is 4. The van der Waals surface area contributed by atoms with E-state index < -0.39 is 29.3 Å². The first-order chi connectivity index (χ1) is 14.3. The molecule has 152 valence electrons. The number of halogens is 4. The third-order valence-electron chi connectivity index (χ3n) is 4.44. The van der Waals surface area contributed by atoms with Crippen molar-refractivity contribution in [1.29, 1.82) is 0 Å². The van der Waals surface area contributed by atoms with Gasteiger partial charge in [0, 0.05) is 11.6 Å². The van der Waals surface area contributed by atoms with Crippen LogP contribution in [0.15, 0.2) is 54.7 Å². The standard InChI is InChI=1S/C20H13F4N5O/c1-11-4-9-15(14-3-2-10-25-16(11)14)26-19(30)17-18(20(22,23)24)29(28-27-17)13-7-5-12(21)6-8-13/h2-10H,1H3,(H,26,30). The molecule has 6 nitrogen and oxygen atoms in total. The van der Waals surface area contributed by atoms with Gasteiger partial charge in [-0.3, -0.25) is 9.78 Å². The number of aryl methyl sites for hydroxylation is 1. The minimum Gasteiger partial charge on any atom is -0.320 e. The predicted molar refractivity (Wildman–Crippen MR) is 101 cm³/mol. The molecule has 0 atom stereocenters. The predicted octanol–water partition coefficient (Wildman–Crippen LogP) is 4.53. The number of benzene rings is 2. The summed E-state index contributed by atoms with van der Waals surface area (Å²) in [6.07, 6.45) is -3.35. The summed E-state index contributed by atoms with van der Waals surface area (Å²) in [5.41, 5.74) is -0.591. The zero-order valence-corrected chi connectivity index (χ0v) is 15.4. The van der Waals surface area contributed by atoms with Crippen molar-refractivity contribution in [2.45, 2.75) is 13.1 Å². The fraction of sp³-hybridized carbons (Fsp3) is 0.100. The molecule has 0 radical (unpaired) electrons. The number of fused-ring (bicyclic) bond motifs is 1. The Bertz CT molecular complexity index is 1250. The molecular formula is C20H13F4N5O. The molecule has 0 fully saturated rings. The van der Waals surface area contributed by atoms with Gasteiger partial charge in [0.1, 0.15) is 5.82 Å². The fourth-order valence-electron chi connectivity index (χ4n) is 3.06. The van der Waals surface area contributed by atoms with E-state index in [-0.39, 0.29) is 11.4 Å². The Labute approximate surface area is 167 Å². The minimum absolute atomic E-state index is 0.0831. The SMILES string of the molecule is Cc1ccc(NC(=O)c2nnn(-c3ccc(F)cc3)c2C(F)(F)F)c2cccnc12. The maximum atomic E-state index is 13.7. The quantitative estimate of drug-likeness (QED) is 0.499. The van der Waals surface area contributed by atoms with Gasteiger partial charge in [-0.1, -0.05) is 11.3 Å². The van der Waals surface area contributed by atoms with E-state index in [0.717, 1.165) is 29.8 Å². The van der Waals surface area contributed by atoms with E-state index in [0.29, 0.717) is 15.6 Å². The van der Waals surface area contributed by atoms with Gasteiger partial charge in [0.25, 0.3) is 5.91 Å². The van der Waals surface area contributed by atoms with Crippen LogP contribution in [-0.4, -0.2) is 25.9 Å². The Morgan fingerprint density at radius 2 is 1.80 bits per heavy atom. The summed E-state index contributed by atoms with van der Waals surface area (Å²) in [6, 6.07) is 10.8. The molecule has 1 amide bonds. The van der Waals surface area contributed by atoms with Gasteiger partial charge in [0.2, 0.25) is 0 Å². The molecule has 30 heavy (non-hydrogen) atoms. The highest BCUT2D eigenvalue weighted by molar-refractivity contribution is 6.08. The summed E-state index contributed by atoms with van der Waals surface area (Å²) in [5.74, 6) is -1.70. The van der Waals surface area contributed by atoms with Crippen LogP contribution < -0.4 is 5.32 Å². The van der Waals surface area contributed by atoms with Gasteiger partial charge in [-0.15, -0.1) is 5.10 Å². The third-order valence-corrected chi connectivity index (χ3v) is 4.44. The molecule has 2 heterocycles. The Morgan fingerprint density at radius 3 is 2.50 bits per heavy atom. The smallest absolute Gasteiger partial charge is 0.320 e. The van der Waals surface area contributed by atoms with E-state index in [1.807, 2.05) is 6.92 Å². The second-order valence-corrected chi connectivity index (χ2v) is 6.46. The molecule has 4 rings (SSSR count). The van der Waals surface area contributed by atoms with Gasteiger partial charge in [-0.05, 0) is 55.0 Å². The number of aromatic nitrogens is 4. The second-order valence-electron chi connectivity index (χ2n) is 6.46. The number of anilines is 1. The molecule has 0 aliphatic heterocycles. The van der Waals surface area contributed by atoms with E-state index in [2.05, 4.69) is 20.6 Å². The van der Waals surface area contributed by atoms with Gasteiger partial charge in [-0.2, -0.15) is 13.2 Å². The second kappa shape index (κ2) is 7.21. The van der Waals surface area contributed by atoms with Crippen LogP contribution in [0.2, 0.25) is 0 Å². The molecule has 4 aromatic rings. The number of rotatable bonds is 3. The van der Waals surface area contributed by atoms with Crippen molar-refractivity contribution >= 4 is 22.5 Å². The average Bonchev–Trinajstić information content (AvgIpc) is 3.17. The summed E-state index contributed by atoms with van der Waals surface area (Å²) >= 11 is 0. The lowest BCUT2D eigenvalue weighted by Crippen LogP contribution is -2.21. The third kappa shape index (κ3) is 3.47. The van der Waals surface area contributed by atoms with Crippen molar-refractivity contribution in [3.8, 4) is 5.69 Å². The zero-order valence-electron chi connectivity index (χ0n) is 15.4. The molecule has 2 aromatic heterocycles. The largest absolute Gasteiger partial charge is 0.435 e. The Kier molecular flexibility index (Phi) is 4.69. The molecule has 0 saturated heterocycles. The molecule has 0 aliphatic rings. The van der Waals surface area contributed by atoms with Crippen LogP contribution in [0.5, 0.6) is 0 Å². The number of hydrogen-bond donors (Lipinski definition) is 1. The lowest BCUT2D eigenvalue weighted by Gasteiger charge is -2.12. The van der Waals surface area contributed by atoms with Crippen LogP contribution >= 0.6 is 0 Å². The minimum atomic E-state index is -4.93. The molecule has 0 spiro atoms. The van der Waals surface area contributed by atoms with Crippen LogP contribution in [-0.2, 0) is 6.18 Å². The Balaban J connectivity index is 1.77. The van der Waals surface area contributed by atoms with E-state index in [9.17, 15) is 22.4 Å². The molecule has 1 N–H and O–H groups in total. The van der Waals surface area contributed by atoms with E-state index in [1.54, 1.807) is 30.5 Å². The van der Waals surface area contributed by atoms with Crippen molar-refractivity contribution in [2.75, 3.05) is 5.32 Å². The van der Waals surface area contributed by atoms with Gasteiger partial charge >= 0.3 is 6.18 Å². The van der Waals surface area contributed by atoms with Gasteiger partial charge in [0.15, 0.2) is 11.4 Å². The summed E-state index contributed by atoms with van der Waals surface area (Å²) in [6.45, 7) is 1.83. The molecule has 2 aromatic carbocycles. The van der Waals surface area contributed by atoms with Crippen LogP contribution in [0.3, 0.4) is 0 Å². The highest BCUT2D eigenvalue weighted by Gasteiger charge is 2.42. The maximum absolute atomic E-state index is 13.7. The normalized spacial score (nSPS) is 11.6. The number of amides is 1. The number of nitrogens with one attached hydrogen (secondary N) is 1. The number of carbonyl (C=O) groups is 1. The first-order valence-electron chi connectivity index (χ1n) is 8.70. The van der Waals surface area contributed by atoms with Crippen LogP contribution in [0, 0.1) is 12.7 Å². The Morgan fingerprint density at radius 1 is 1.07 bits per heavy atom. The van der Waals surface area contributed by atoms with Crippen molar-refractivity contribution in [2.24, 2.45) is 0 Å². The van der Waals surface area contributed by atoms with E-state index in [4.69, 9.17) is 0 Å². The highest BCUT2D eigenvalue weighted by Crippen LogP contribution is 2.33. The summed E-state index contributed by atoms with van der Waals surface area (Å²) in [5, 5.41) is 9.95. The topological polar surface area (TPSA) is 72.7 Å². The van der Waals surface area contributed by atoms with Crippen molar-refractivity contribution in [3.05, 3.63) is 77.5 Å². The number of carbonyl (C=O) groups excluding carboxylic acids is 1. The highest BCUT2D eigenvalue weighted by atomic mass is 19.4. The van der Waals surface area contributed by atoms with E-state index in [1.165, 1.54) is 0 Å². The lowest BCUT2D eigenvalue weighted by atomic mass is 10.1. The number of alkyl halides is 3. The molecule has 0 unspecified atom stereocenters. The van der Waals surface area contributed by atoms with Gasteiger partial charge in [0.05, 0.1) is 16.9 Å². The lowest BCUT2D eigenvalue weighted by molar-refractivity contribution is -0.143. The zero-order chi connectivity index (χ0) is 21.5. The summed E-state index contributed by atoms with van der Waals surface area (Å²) < 4.78 is 54.8. The number of pyridine rings is 1. The first-order valence-corrected chi connectivity index (χ1v) is 8.70. The maximum Gasteiger partial charge on any atom is 0.435 e. The molecule has 10 heteroatoms. The molecular weight excluding hydrogens is 402 g/mol. The summed E-state index contributed by atoms with van der Waals surface area (Å²) in [7, 11) is 0. The van der Waals surface area contributed by atoms with Crippen molar-refractivity contribution in [1.82, 2.24) is 20.0 Å². The summed E-state index contributed by atoms with van der Waals surface area (Å²) in [4.78, 5) is 16.9. The van der Waals surface area contributed by atoms with Gasteiger partial charge in [-0.25, -0.2) is 9.07 Å². The van der Waals surface area contributed by atoms with Crippen LogP contribution in [0.1, 0.15) is 21.7 Å².